The zero-order chi connectivity index (χ0) is 9.84. The highest BCUT2D eigenvalue weighted by Crippen LogP contribution is 2.12. The first-order chi connectivity index (χ1) is 6.15. The van der Waals surface area contributed by atoms with E-state index in [2.05, 4.69) is 6.92 Å². The summed E-state index contributed by atoms with van der Waals surface area (Å²) < 4.78 is 0. The lowest BCUT2D eigenvalue weighted by atomic mass is 10.3. The molecule has 1 atom stereocenters. The van der Waals surface area contributed by atoms with Crippen LogP contribution in [0, 0.1) is 0 Å². The Balaban J connectivity index is 2.38. The van der Waals surface area contributed by atoms with E-state index >= 15 is 0 Å². The van der Waals surface area contributed by atoms with Crippen LogP contribution in [0.1, 0.15) is 13.3 Å². The molecule has 0 spiro atoms. The van der Waals surface area contributed by atoms with Crippen molar-refractivity contribution in [1.82, 2.24) is 4.90 Å². The van der Waals surface area contributed by atoms with Gasteiger partial charge in [-0.2, -0.15) is 11.8 Å². The van der Waals surface area contributed by atoms with Crippen molar-refractivity contribution in [2.24, 2.45) is 0 Å². The number of imide groups is 1. The van der Waals surface area contributed by atoms with Crippen LogP contribution >= 0.6 is 11.8 Å². The third-order valence-corrected chi connectivity index (χ3v) is 3.10. The Kier molecular flexibility index (Phi) is 3.54. The number of nitrogens with zero attached hydrogens (tertiary/aromatic N) is 1. The third-order valence-electron chi connectivity index (χ3n) is 2.06. The first-order valence-electron chi connectivity index (χ1n) is 4.21. The average Bonchev–Trinajstić information content (AvgIpc) is 2.43. The van der Waals surface area contributed by atoms with Gasteiger partial charge in [-0.3, -0.25) is 14.5 Å². The molecule has 13 heavy (non-hydrogen) atoms. The van der Waals surface area contributed by atoms with Gasteiger partial charge in [0.15, 0.2) is 0 Å². The molecule has 4 heteroatoms. The van der Waals surface area contributed by atoms with Gasteiger partial charge in [0.05, 0.1) is 0 Å². The zero-order valence-electron chi connectivity index (χ0n) is 7.82. The van der Waals surface area contributed by atoms with Crippen molar-refractivity contribution in [3.05, 3.63) is 12.2 Å². The molecule has 3 nitrogen and oxygen atoms in total. The zero-order valence-corrected chi connectivity index (χ0v) is 8.63. The third kappa shape index (κ3) is 2.59. The van der Waals surface area contributed by atoms with Crippen LogP contribution in [-0.4, -0.2) is 34.8 Å². The monoisotopic (exact) mass is 199 g/mol. The average molecular weight is 199 g/mol. The van der Waals surface area contributed by atoms with Crippen LogP contribution in [0.4, 0.5) is 0 Å². The molecular formula is C9H13NO2S. The van der Waals surface area contributed by atoms with Crippen molar-refractivity contribution in [2.45, 2.75) is 18.6 Å². The summed E-state index contributed by atoms with van der Waals surface area (Å²) in [6.07, 6.45) is 5.54. The molecule has 0 aliphatic carbocycles. The van der Waals surface area contributed by atoms with Gasteiger partial charge in [-0.1, -0.05) is 6.92 Å². The van der Waals surface area contributed by atoms with Crippen molar-refractivity contribution in [3.63, 3.8) is 0 Å². The quantitative estimate of drug-likeness (QED) is 0.635. The van der Waals surface area contributed by atoms with E-state index in [9.17, 15) is 9.59 Å². The summed E-state index contributed by atoms with van der Waals surface area (Å²) in [7, 11) is 0. The second-order valence-corrected chi connectivity index (χ2v) is 4.27. The summed E-state index contributed by atoms with van der Waals surface area (Å²) >= 11 is 1.74. The summed E-state index contributed by atoms with van der Waals surface area (Å²) in [5, 5.41) is 0.487. The maximum Gasteiger partial charge on any atom is 0.253 e. The predicted octanol–water partition coefficient (Wildman–Crippen LogP) is 1.05. The number of carbonyl (C=O) groups is 2. The van der Waals surface area contributed by atoms with Crippen molar-refractivity contribution in [1.29, 1.82) is 0 Å². The van der Waals surface area contributed by atoms with Crippen molar-refractivity contribution >= 4 is 23.6 Å². The molecule has 0 radical (unpaired) electrons. The number of rotatable bonds is 4. The Morgan fingerprint density at radius 2 is 1.92 bits per heavy atom. The first kappa shape index (κ1) is 10.3. The van der Waals surface area contributed by atoms with Crippen LogP contribution in [0.15, 0.2) is 12.2 Å². The Labute approximate surface area is 82.2 Å². The van der Waals surface area contributed by atoms with Crippen LogP contribution in [-0.2, 0) is 9.59 Å². The van der Waals surface area contributed by atoms with Gasteiger partial charge < -0.3 is 0 Å². The number of carbonyl (C=O) groups excluding carboxylic acids is 2. The summed E-state index contributed by atoms with van der Waals surface area (Å²) in [5.74, 6) is -0.364. The van der Waals surface area contributed by atoms with E-state index in [1.165, 1.54) is 17.1 Å². The van der Waals surface area contributed by atoms with Crippen LogP contribution in [0.2, 0.25) is 0 Å². The minimum absolute atomic E-state index is 0.182. The van der Waals surface area contributed by atoms with Crippen LogP contribution in [0.5, 0.6) is 0 Å². The highest BCUT2D eigenvalue weighted by atomic mass is 32.2. The lowest BCUT2D eigenvalue weighted by molar-refractivity contribution is -0.136. The molecular weight excluding hydrogens is 186 g/mol. The summed E-state index contributed by atoms with van der Waals surface area (Å²) in [6.45, 7) is 2.62. The maximum atomic E-state index is 11.1. The highest BCUT2D eigenvalue weighted by Gasteiger charge is 2.22. The molecule has 72 valence electrons. The fraction of sp³-hybridized carbons (Fsp3) is 0.556. The molecule has 1 aliphatic heterocycles. The summed E-state index contributed by atoms with van der Waals surface area (Å²) in [5.41, 5.74) is 0. The molecule has 0 saturated heterocycles. The van der Waals surface area contributed by atoms with E-state index < -0.39 is 0 Å². The van der Waals surface area contributed by atoms with Gasteiger partial charge in [0.1, 0.15) is 0 Å². The SMILES string of the molecule is CSC(C)CCN1C(=O)C=CC1=O. The van der Waals surface area contributed by atoms with E-state index in [0.717, 1.165) is 6.42 Å². The Morgan fingerprint density at radius 3 is 2.38 bits per heavy atom. The molecule has 1 unspecified atom stereocenters. The van der Waals surface area contributed by atoms with Crippen LogP contribution in [0.3, 0.4) is 0 Å². The van der Waals surface area contributed by atoms with Crippen LogP contribution in [0.25, 0.3) is 0 Å². The van der Waals surface area contributed by atoms with E-state index in [1.54, 1.807) is 11.8 Å². The lowest BCUT2D eigenvalue weighted by Gasteiger charge is -2.15. The molecule has 0 N–H and O–H groups in total. The Morgan fingerprint density at radius 1 is 1.38 bits per heavy atom. The van der Waals surface area contributed by atoms with Crippen LogP contribution < -0.4 is 0 Å². The maximum absolute atomic E-state index is 11.1. The molecule has 0 aromatic carbocycles. The molecule has 1 heterocycles. The normalized spacial score (nSPS) is 18.5. The summed E-state index contributed by atoms with van der Waals surface area (Å²) in [4.78, 5) is 23.5. The number of thioether (sulfide) groups is 1. The van der Waals surface area contributed by atoms with Gasteiger partial charge in [0.25, 0.3) is 11.8 Å². The largest absolute Gasteiger partial charge is 0.275 e. The number of amides is 2. The molecule has 0 aromatic heterocycles. The standard InChI is InChI=1S/C9H13NO2S/c1-7(13-2)5-6-10-8(11)3-4-9(10)12/h3-4,7H,5-6H2,1-2H3. The van der Waals surface area contributed by atoms with Gasteiger partial charge in [-0.25, -0.2) is 0 Å². The van der Waals surface area contributed by atoms with Gasteiger partial charge >= 0.3 is 0 Å². The topological polar surface area (TPSA) is 37.4 Å². The molecule has 1 aliphatic rings. The molecule has 1 rings (SSSR count). The fourth-order valence-electron chi connectivity index (χ4n) is 1.08. The van der Waals surface area contributed by atoms with Gasteiger partial charge in [0.2, 0.25) is 0 Å². The van der Waals surface area contributed by atoms with E-state index in [4.69, 9.17) is 0 Å². The second-order valence-electron chi connectivity index (χ2n) is 3.00. The first-order valence-corrected chi connectivity index (χ1v) is 5.50. The number of hydrogen-bond acceptors (Lipinski definition) is 3. The minimum atomic E-state index is -0.182. The molecule has 0 bridgehead atoms. The van der Waals surface area contributed by atoms with E-state index in [0.29, 0.717) is 11.8 Å². The Bertz CT molecular complexity index is 232. The minimum Gasteiger partial charge on any atom is -0.275 e. The molecule has 0 aromatic rings. The second kappa shape index (κ2) is 4.46. The molecule has 0 saturated carbocycles. The summed E-state index contributed by atoms with van der Waals surface area (Å²) in [6, 6.07) is 0. The van der Waals surface area contributed by atoms with Crippen molar-refractivity contribution in [3.8, 4) is 0 Å². The van der Waals surface area contributed by atoms with E-state index in [-0.39, 0.29) is 11.8 Å². The highest BCUT2D eigenvalue weighted by molar-refractivity contribution is 7.99. The van der Waals surface area contributed by atoms with E-state index in [1.807, 2.05) is 6.26 Å². The van der Waals surface area contributed by atoms with Crippen molar-refractivity contribution < 1.29 is 9.59 Å². The number of hydrogen-bond donors (Lipinski definition) is 0. The van der Waals surface area contributed by atoms with Gasteiger partial charge in [0, 0.05) is 23.9 Å². The smallest absolute Gasteiger partial charge is 0.253 e. The Hall–Kier alpha value is -0.770. The predicted molar refractivity (Wildman–Crippen MR) is 53.5 cm³/mol. The fourth-order valence-corrected chi connectivity index (χ4v) is 1.42. The molecule has 0 fully saturated rings. The van der Waals surface area contributed by atoms with Crippen molar-refractivity contribution in [2.75, 3.05) is 12.8 Å². The lowest BCUT2D eigenvalue weighted by Crippen LogP contribution is -2.31. The molecule has 2 amide bonds. The van der Waals surface area contributed by atoms with Gasteiger partial charge in [-0.05, 0) is 12.7 Å². The van der Waals surface area contributed by atoms with Gasteiger partial charge in [-0.15, -0.1) is 0 Å².